The number of anilines is 1. The quantitative estimate of drug-likeness (QED) is 0.707. The molecule has 1 atom stereocenters. The Kier molecular flexibility index (Phi) is 6.21. The Hall–Kier alpha value is -1.47. The van der Waals surface area contributed by atoms with Crippen molar-refractivity contribution in [3.63, 3.8) is 0 Å². The molecule has 2 rings (SSSR count). The van der Waals surface area contributed by atoms with E-state index in [2.05, 4.69) is 21.2 Å². The highest BCUT2D eigenvalue weighted by Gasteiger charge is 2.32. The number of carbonyl (C=O) groups is 2. The number of piperazine rings is 1. The van der Waals surface area contributed by atoms with Crippen LogP contribution in [0.5, 0.6) is 0 Å². The Labute approximate surface area is 161 Å². The van der Waals surface area contributed by atoms with Gasteiger partial charge in [-0.05, 0) is 45.9 Å². The average Bonchev–Trinajstić information content (AvgIpc) is 2.48. The largest absolute Gasteiger partial charge is 0.444 e. The molecule has 0 saturated carbocycles. The van der Waals surface area contributed by atoms with Crippen molar-refractivity contribution in [3.05, 3.63) is 27.7 Å². The van der Waals surface area contributed by atoms with E-state index in [1.807, 2.05) is 33.8 Å². The van der Waals surface area contributed by atoms with Crippen LogP contribution < -0.4 is 5.32 Å². The minimum atomic E-state index is -0.538. The molecule has 1 aromatic rings. The minimum absolute atomic E-state index is 0.130. The Morgan fingerprint density at radius 2 is 2.00 bits per heavy atom. The fourth-order valence-electron chi connectivity index (χ4n) is 2.52. The number of rotatable bonds is 1. The molecular formula is C17H23BrClN3O3. The molecule has 0 radical (unpaired) electrons. The van der Waals surface area contributed by atoms with Crippen molar-refractivity contribution in [2.45, 2.75) is 39.3 Å². The summed E-state index contributed by atoms with van der Waals surface area (Å²) in [6.45, 7) is 8.69. The lowest BCUT2D eigenvalue weighted by molar-refractivity contribution is 0.00589. The molecule has 0 bridgehead atoms. The van der Waals surface area contributed by atoms with Gasteiger partial charge in [-0.25, -0.2) is 9.59 Å². The molecule has 25 heavy (non-hydrogen) atoms. The smallest absolute Gasteiger partial charge is 0.410 e. The van der Waals surface area contributed by atoms with Crippen LogP contribution in [0.1, 0.15) is 27.7 Å². The SMILES string of the molecule is C[C@H]1CN(C(=O)Nc2ccc(Br)cc2Cl)CCN1C(=O)OC(C)(C)C. The number of nitrogens with zero attached hydrogens (tertiary/aromatic N) is 2. The van der Waals surface area contributed by atoms with E-state index in [4.69, 9.17) is 16.3 Å². The van der Waals surface area contributed by atoms with Crippen LogP contribution in [0, 0.1) is 0 Å². The van der Waals surface area contributed by atoms with Gasteiger partial charge in [-0.2, -0.15) is 0 Å². The molecule has 0 aliphatic carbocycles. The fourth-order valence-corrected chi connectivity index (χ4v) is 3.24. The fraction of sp³-hybridized carbons (Fsp3) is 0.529. The van der Waals surface area contributed by atoms with Gasteiger partial charge < -0.3 is 19.9 Å². The van der Waals surface area contributed by atoms with Crippen molar-refractivity contribution < 1.29 is 14.3 Å². The van der Waals surface area contributed by atoms with Crippen molar-refractivity contribution in [3.8, 4) is 0 Å². The van der Waals surface area contributed by atoms with Gasteiger partial charge in [0, 0.05) is 30.1 Å². The summed E-state index contributed by atoms with van der Waals surface area (Å²) in [5, 5.41) is 3.27. The van der Waals surface area contributed by atoms with Crippen LogP contribution in [0.4, 0.5) is 15.3 Å². The van der Waals surface area contributed by atoms with Gasteiger partial charge >= 0.3 is 12.1 Å². The molecule has 0 unspecified atom stereocenters. The van der Waals surface area contributed by atoms with Gasteiger partial charge in [0.1, 0.15) is 5.60 Å². The molecule has 1 aliphatic heterocycles. The molecule has 1 aliphatic rings. The standard InChI is InChI=1S/C17H23BrClN3O3/c1-11-10-21(7-8-22(11)16(24)25-17(2,3)4)15(23)20-14-6-5-12(18)9-13(14)19/h5-6,9,11H,7-8,10H2,1-4H3,(H,20,23)/t11-/m0/s1. The van der Waals surface area contributed by atoms with Crippen LogP contribution in [-0.4, -0.2) is 53.2 Å². The van der Waals surface area contributed by atoms with Gasteiger partial charge in [-0.3, -0.25) is 0 Å². The predicted molar refractivity (Wildman–Crippen MR) is 102 cm³/mol. The lowest BCUT2D eigenvalue weighted by atomic mass is 10.2. The summed E-state index contributed by atoms with van der Waals surface area (Å²) in [4.78, 5) is 28.0. The highest BCUT2D eigenvalue weighted by atomic mass is 79.9. The van der Waals surface area contributed by atoms with E-state index in [0.29, 0.717) is 30.3 Å². The highest BCUT2D eigenvalue weighted by molar-refractivity contribution is 9.10. The van der Waals surface area contributed by atoms with Gasteiger partial charge in [0.25, 0.3) is 0 Å². The molecule has 1 aromatic carbocycles. The Morgan fingerprint density at radius 1 is 1.32 bits per heavy atom. The van der Waals surface area contributed by atoms with Crippen LogP contribution >= 0.6 is 27.5 Å². The van der Waals surface area contributed by atoms with Crippen LogP contribution in [0.15, 0.2) is 22.7 Å². The van der Waals surface area contributed by atoms with Crippen LogP contribution in [-0.2, 0) is 4.74 Å². The number of amides is 3. The summed E-state index contributed by atoms with van der Waals surface area (Å²) in [5.74, 6) is 0. The molecule has 6 nitrogen and oxygen atoms in total. The van der Waals surface area contributed by atoms with E-state index in [1.54, 1.807) is 21.9 Å². The predicted octanol–water partition coefficient (Wildman–Crippen LogP) is 4.58. The molecule has 1 saturated heterocycles. The second-order valence-corrected chi connectivity index (χ2v) is 8.35. The van der Waals surface area contributed by atoms with Crippen molar-refractivity contribution in [2.24, 2.45) is 0 Å². The first-order valence-corrected chi connectivity index (χ1v) is 9.24. The van der Waals surface area contributed by atoms with E-state index in [0.717, 1.165) is 4.47 Å². The number of ether oxygens (including phenoxy) is 1. The molecule has 0 aromatic heterocycles. The number of nitrogens with one attached hydrogen (secondary N) is 1. The third kappa shape index (κ3) is 5.51. The van der Waals surface area contributed by atoms with Crippen molar-refractivity contribution >= 4 is 45.3 Å². The van der Waals surface area contributed by atoms with Crippen LogP contribution in [0.25, 0.3) is 0 Å². The summed E-state index contributed by atoms with van der Waals surface area (Å²) in [5.41, 5.74) is 0.0148. The maximum atomic E-state index is 12.5. The molecule has 8 heteroatoms. The zero-order valence-electron chi connectivity index (χ0n) is 14.8. The van der Waals surface area contributed by atoms with Gasteiger partial charge in [0.05, 0.1) is 10.7 Å². The second-order valence-electron chi connectivity index (χ2n) is 7.02. The van der Waals surface area contributed by atoms with Gasteiger partial charge in [-0.1, -0.05) is 27.5 Å². The normalized spacial score (nSPS) is 18.1. The maximum absolute atomic E-state index is 12.5. The summed E-state index contributed by atoms with van der Waals surface area (Å²) < 4.78 is 6.25. The number of halogens is 2. The van der Waals surface area contributed by atoms with E-state index >= 15 is 0 Å². The van der Waals surface area contributed by atoms with Gasteiger partial charge in [-0.15, -0.1) is 0 Å². The Bertz CT molecular complexity index is 663. The topological polar surface area (TPSA) is 61.9 Å². The third-order valence-electron chi connectivity index (χ3n) is 3.72. The van der Waals surface area contributed by atoms with Crippen LogP contribution in [0.3, 0.4) is 0 Å². The zero-order chi connectivity index (χ0) is 18.8. The van der Waals surface area contributed by atoms with Gasteiger partial charge in [0.2, 0.25) is 0 Å². The first-order valence-electron chi connectivity index (χ1n) is 8.07. The molecule has 1 heterocycles. The van der Waals surface area contributed by atoms with Crippen molar-refractivity contribution in [1.82, 2.24) is 9.80 Å². The zero-order valence-corrected chi connectivity index (χ0v) is 17.1. The summed E-state index contributed by atoms with van der Waals surface area (Å²) in [7, 11) is 0. The maximum Gasteiger partial charge on any atom is 0.410 e. The highest BCUT2D eigenvalue weighted by Crippen LogP contribution is 2.26. The third-order valence-corrected chi connectivity index (χ3v) is 4.52. The monoisotopic (exact) mass is 431 g/mol. The summed E-state index contributed by atoms with van der Waals surface area (Å²) in [6, 6.07) is 4.91. The number of carbonyl (C=O) groups excluding carboxylic acids is 2. The van der Waals surface area contributed by atoms with E-state index in [-0.39, 0.29) is 18.2 Å². The van der Waals surface area contributed by atoms with Gasteiger partial charge in [0.15, 0.2) is 0 Å². The number of urea groups is 1. The summed E-state index contributed by atoms with van der Waals surface area (Å²) in [6.07, 6.45) is -0.351. The summed E-state index contributed by atoms with van der Waals surface area (Å²) >= 11 is 9.47. The molecule has 3 amide bonds. The average molecular weight is 433 g/mol. The molecule has 138 valence electrons. The lowest BCUT2D eigenvalue weighted by Gasteiger charge is -2.40. The molecule has 1 N–H and O–H groups in total. The van der Waals surface area contributed by atoms with E-state index in [9.17, 15) is 9.59 Å². The Balaban J connectivity index is 1.95. The first kappa shape index (κ1) is 19.8. The van der Waals surface area contributed by atoms with E-state index < -0.39 is 5.60 Å². The number of hydrogen-bond acceptors (Lipinski definition) is 3. The first-order chi connectivity index (χ1) is 11.6. The van der Waals surface area contributed by atoms with Crippen molar-refractivity contribution in [2.75, 3.05) is 25.0 Å². The minimum Gasteiger partial charge on any atom is -0.444 e. The Morgan fingerprint density at radius 3 is 2.56 bits per heavy atom. The van der Waals surface area contributed by atoms with Crippen molar-refractivity contribution in [1.29, 1.82) is 0 Å². The molecule has 1 fully saturated rings. The van der Waals surface area contributed by atoms with E-state index in [1.165, 1.54) is 0 Å². The van der Waals surface area contributed by atoms with Crippen LogP contribution in [0.2, 0.25) is 5.02 Å². The lowest BCUT2D eigenvalue weighted by Crippen LogP contribution is -2.57. The molecule has 0 spiro atoms. The molecular weight excluding hydrogens is 410 g/mol. The number of hydrogen-bond donors (Lipinski definition) is 1. The number of benzene rings is 1. The second kappa shape index (κ2) is 7.83.